The van der Waals surface area contributed by atoms with Gasteiger partial charge in [0.05, 0.1) is 0 Å². The molecule has 4 saturated carbocycles. The molecule has 0 nitrogen and oxygen atoms in total. The molecule has 4 aliphatic rings. The molecule has 3 atom stereocenters. The quantitative estimate of drug-likeness (QED) is 0.347. The summed E-state index contributed by atoms with van der Waals surface area (Å²) in [5.41, 5.74) is 0. The highest BCUT2D eigenvalue weighted by molar-refractivity contribution is 4.93. The van der Waals surface area contributed by atoms with Gasteiger partial charge in [-0.2, -0.15) is 0 Å². The standard InChI is InChI=1S/C22H40.C11H22/c1-2-3-6-13-20-16-17-21(18-11-7-4-8-12-18)22(20)19-14-9-5-10-15-19;1-11-9-7-5-3-2-4-6-8-10-11/h18-22H,2-17H2,1H3;11H,2-10H2,1H3. The van der Waals surface area contributed by atoms with E-state index >= 15 is 0 Å². The number of unbranched alkanes of at least 4 members (excludes halogenated alkanes) is 2. The van der Waals surface area contributed by atoms with Gasteiger partial charge in [0, 0.05) is 0 Å². The Hall–Kier alpha value is 0. The zero-order valence-corrected chi connectivity index (χ0v) is 23.1. The third kappa shape index (κ3) is 9.88. The topological polar surface area (TPSA) is 0 Å². The first-order chi connectivity index (χ1) is 16.3. The molecule has 0 aromatic rings. The van der Waals surface area contributed by atoms with Gasteiger partial charge >= 0.3 is 0 Å². The maximum Gasteiger partial charge on any atom is -0.0326 e. The second-order valence-electron chi connectivity index (χ2n) is 13.0. The monoisotopic (exact) mass is 458 g/mol. The van der Waals surface area contributed by atoms with Crippen molar-refractivity contribution in [1.29, 1.82) is 0 Å². The van der Waals surface area contributed by atoms with Crippen LogP contribution >= 0.6 is 0 Å². The Morgan fingerprint density at radius 2 is 0.970 bits per heavy atom. The first-order valence-electron chi connectivity index (χ1n) is 16.3. The summed E-state index contributed by atoms with van der Waals surface area (Å²) >= 11 is 0. The molecule has 0 radical (unpaired) electrons. The van der Waals surface area contributed by atoms with E-state index in [4.69, 9.17) is 0 Å². The van der Waals surface area contributed by atoms with Gasteiger partial charge in [-0.05, 0) is 48.3 Å². The SMILES string of the molecule is CC1CCCCCCCCC1.CCCCCC1CCC(C2CCCCC2)C1C1CCCCC1. The predicted molar refractivity (Wildman–Crippen MR) is 148 cm³/mol. The molecule has 3 unspecified atom stereocenters. The van der Waals surface area contributed by atoms with Gasteiger partial charge in [0.25, 0.3) is 0 Å². The van der Waals surface area contributed by atoms with Crippen LogP contribution in [-0.4, -0.2) is 0 Å². The van der Waals surface area contributed by atoms with E-state index in [1.807, 2.05) is 0 Å². The Bertz CT molecular complexity index is 445. The minimum atomic E-state index is 1.01. The maximum absolute atomic E-state index is 2.42. The van der Waals surface area contributed by atoms with Crippen molar-refractivity contribution in [3.8, 4) is 0 Å². The summed E-state index contributed by atoms with van der Waals surface area (Å²) in [7, 11) is 0. The van der Waals surface area contributed by atoms with Crippen LogP contribution in [0, 0.1) is 35.5 Å². The van der Waals surface area contributed by atoms with Crippen LogP contribution in [0.1, 0.15) is 174 Å². The Kier molecular flexibility index (Phi) is 13.9. The summed E-state index contributed by atoms with van der Waals surface area (Å²) in [5, 5.41) is 0. The number of rotatable bonds is 6. The van der Waals surface area contributed by atoms with Gasteiger partial charge in [0.2, 0.25) is 0 Å². The van der Waals surface area contributed by atoms with E-state index in [9.17, 15) is 0 Å². The van der Waals surface area contributed by atoms with Crippen molar-refractivity contribution in [2.45, 2.75) is 174 Å². The van der Waals surface area contributed by atoms with E-state index in [1.165, 1.54) is 89.9 Å². The van der Waals surface area contributed by atoms with E-state index in [0.717, 1.165) is 35.5 Å². The Balaban J connectivity index is 0.000000235. The summed E-state index contributed by atoms with van der Waals surface area (Å²) in [6.45, 7) is 4.78. The molecule has 0 amide bonds. The smallest absolute Gasteiger partial charge is 0.0326 e. The molecule has 4 rings (SSSR count). The van der Waals surface area contributed by atoms with E-state index < -0.39 is 0 Å². The molecule has 4 fully saturated rings. The second-order valence-corrected chi connectivity index (χ2v) is 13.0. The molecule has 0 aliphatic heterocycles. The van der Waals surface area contributed by atoms with Crippen LogP contribution in [-0.2, 0) is 0 Å². The normalized spacial score (nSPS) is 31.6. The molecule has 0 N–H and O–H groups in total. The maximum atomic E-state index is 2.42. The van der Waals surface area contributed by atoms with Crippen LogP contribution < -0.4 is 0 Å². The van der Waals surface area contributed by atoms with Crippen LogP contribution in [0.3, 0.4) is 0 Å². The van der Waals surface area contributed by atoms with Gasteiger partial charge in [-0.15, -0.1) is 0 Å². The highest BCUT2D eigenvalue weighted by Crippen LogP contribution is 2.53. The Morgan fingerprint density at radius 1 is 0.485 bits per heavy atom. The van der Waals surface area contributed by atoms with Gasteiger partial charge < -0.3 is 0 Å². The average molecular weight is 459 g/mol. The predicted octanol–water partition coefficient (Wildman–Crippen LogP) is 11.5. The zero-order valence-electron chi connectivity index (χ0n) is 23.1. The summed E-state index contributed by atoms with van der Waals surface area (Å²) in [6.07, 6.45) is 38.1. The van der Waals surface area contributed by atoms with Crippen molar-refractivity contribution in [3.05, 3.63) is 0 Å². The van der Waals surface area contributed by atoms with Crippen molar-refractivity contribution in [2.75, 3.05) is 0 Å². The van der Waals surface area contributed by atoms with Crippen LogP contribution in [0.4, 0.5) is 0 Å². The lowest BCUT2D eigenvalue weighted by Gasteiger charge is -2.40. The molecule has 0 saturated heterocycles. The van der Waals surface area contributed by atoms with Gasteiger partial charge in [0.15, 0.2) is 0 Å². The minimum Gasteiger partial charge on any atom is -0.0654 e. The van der Waals surface area contributed by atoms with Crippen molar-refractivity contribution in [2.24, 2.45) is 35.5 Å². The molecule has 0 aromatic heterocycles. The Labute approximate surface area is 209 Å². The van der Waals surface area contributed by atoms with Gasteiger partial charge in [-0.25, -0.2) is 0 Å². The molecule has 0 heterocycles. The van der Waals surface area contributed by atoms with E-state index in [0.29, 0.717) is 0 Å². The molecule has 33 heavy (non-hydrogen) atoms. The largest absolute Gasteiger partial charge is 0.0654 e. The number of hydrogen-bond acceptors (Lipinski definition) is 0. The van der Waals surface area contributed by atoms with Crippen LogP contribution in [0.25, 0.3) is 0 Å². The lowest BCUT2D eigenvalue weighted by atomic mass is 9.66. The third-order valence-electron chi connectivity index (χ3n) is 10.4. The summed E-state index contributed by atoms with van der Waals surface area (Å²) in [4.78, 5) is 0. The summed E-state index contributed by atoms with van der Waals surface area (Å²) in [6, 6.07) is 0. The van der Waals surface area contributed by atoms with Crippen LogP contribution in [0.2, 0.25) is 0 Å². The number of hydrogen-bond donors (Lipinski definition) is 0. The molecule has 0 bridgehead atoms. The van der Waals surface area contributed by atoms with E-state index in [1.54, 1.807) is 70.6 Å². The van der Waals surface area contributed by atoms with E-state index in [2.05, 4.69) is 13.8 Å². The highest BCUT2D eigenvalue weighted by atomic mass is 14.5. The first kappa shape index (κ1) is 27.6. The molecule has 194 valence electrons. The Morgan fingerprint density at radius 3 is 1.55 bits per heavy atom. The molecule has 4 aliphatic carbocycles. The lowest BCUT2D eigenvalue weighted by molar-refractivity contribution is 0.101. The second kappa shape index (κ2) is 16.6. The van der Waals surface area contributed by atoms with Gasteiger partial charge in [0.1, 0.15) is 0 Å². The fourth-order valence-corrected chi connectivity index (χ4v) is 8.51. The molecular formula is C33H62. The summed E-state index contributed by atoms with van der Waals surface area (Å²) < 4.78 is 0. The third-order valence-corrected chi connectivity index (χ3v) is 10.4. The highest BCUT2D eigenvalue weighted by Gasteiger charge is 2.43. The zero-order chi connectivity index (χ0) is 23.1. The van der Waals surface area contributed by atoms with Crippen molar-refractivity contribution >= 4 is 0 Å². The van der Waals surface area contributed by atoms with Crippen molar-refractivity contribution in [3.63, 3.8) is 0 Å². The van der Waals surface area contributed by atoms with Gasteiger partial charge in [-0.1, -0.05) is 162 Å². The van der Waals surface area contributed by atoms with Crippen molar-refractivity contribution in [1.82, 2.24) is 0 Å². The fourth-order valence-electron chi connectivity index (χ4n) is 8.51. The minimum absolute atomic E-state index is 1.01. The van der Waals surface area contributed by atoms with Gasteiger partial charge in [-0.3, -0.25) is 0 Å². The summed E-state index contributed by atoms with van der Waals surface area (Å²) in [5.74, 6) is 6.64. The molecule has 0 spiro atoms. The first-order valence-corrected chi connectivity index (χ1v) is 16.3. The van der Waals surface area contributed by atoms with Crippen LogP contribution in [0.15, 0.2) is 0 Å². The van der Waals surface area contributed by atoms with Crippen molar-refractivity contribution < 1.29 is 0 Å². The molecule has 0 heteroatoms. The lowest BCUT2D eigenvalue weighted by Crippen LogP contribution is -2.31. The van der Waals surface area contributed by atoms with E-state index in [-0.39, 0.29) is 0 Å². The van der Waals surface area contributed by atoms with Crippen LogP contribution in [0.5, 0.6) is 0 Å². The average Bonchev–Trinajstić information content (AvgIpc) is 3.29. The fraction of sp³-hybridized carbons (Fsp3) is 1.00. The molecular weight excluding hydrogens is 396 g/mol. The molecule has 0 aromatic carbocycles.